The van der Waals surface area contributed by atoms with Crippen LogP contribution in [0.4, 0.5) is 0 Å². The van der Waals surface area contributed by atoms with E-state index in [-0.39, 0.29) is 0 Å². The highest BCUT2D eigenvalue weighted by Crippen LogP contribution is 2.40. The highest BCUT2D eigenvalue weighted by Gasteiger charge is 2.11. The van der Waals surface area contributed by atoms with Gasteiger partial charge in [0.1, 0.15) is 0 Å². The van der Waals surface area contributed by atoms with Crippen molar-refractivity contribution in [2.24, 2.45) is 0 Å². The molecule has 1 N–H and O–H groups in total. The Bertz CT molecular complexity index is 450. The zero-order valence-electron chi connectivity index (χ0n) is 6.62. The largest absolute Gasteiger partial charge is 0.499 e. The minimum Gasteiger partial charge on any atom is -0.499 e. The van der Waals surface area contributed by atoms with Gasteiger partial charge in [-0.05, 0) is 12.1 Å². The molecular weight excluding hydrogens is 268 g/mol. The maximum Gasteiger partial charge on any atom is 0.176 e. The predicted molar refractivity (Wildman–Crippen MR) is 63.4 cm³/mol. The minimum atomic E-state index is 0.383. The van der Waals surface area contributed by atoms with E-state index in [1.807, 2.05) is 18.2 Å². The molecule has 1 aromatic heterocycles. The van der Waals surface area contributed by atoms with E-state index in [0.29, 0.717) is 10.4 Å². The number of hydrogen-bond acceptors (Lipinski definition) is 3. The molecule has 0 bridgehead atoms. The van der Waals surface area contributed by atoms with Crippen molar-refractivity contribution >= 4 is 50.0 Å². The Hall–Kier alpha value is -0.190. The molecule has 0 unspecified atom stereocenters. The quantitative estimate of drug-likeness (QED) is 0.599. The summed E-state index contributed by atoms with van der Waals surface area (Å²) < 4.78 is 1.08. The molecule has 0 atom stereocenters. The van der Waals surface area contributed by atoms with Gasteiger partial charge in [-0.3, -0.25) is 0 Å². The van der Waals surface area contributed by atoms with Crippen LogP contribution < -0.4 is 0 Å². The Morgan fingerprint density at radius 2 is 2.23 bits per heavy atom. The van der Waals surface area contributed by atoms with E-state index >= 15 is 0 Å². The van der Waals surface area contributed by atoms with E-state index in [2.05, 4.69) is 28.6 Å². The van der Waals surface area contributed by atoms with Crippen LogP contribution >= 0.6 is 39.9 Å². The minimum absolute atomic E-state index is 0.383. The summed E-state index contributed by atoms with van der Waals surface area (Å²) in [6, 6.07) is 5.87. The van der Waals surface area contributed by atoms with Gasteiger partial charge in [-0.2, -0.15) is 0 Å². The van der Waals surface area contributed by atoms with Gasteiger partial charge in [0.15, 0.2) is 5.06 Å². The lowest BCUT2D eigenvalue weighted by molar-refractivity contribution is 0.487. The highest BCUT2D eigenvalue weighted by molar-refractivity contribution is 9.08. The summed E-state index contributed by atoms with van der Waals surface area (Å²) in [5, 5.41) is 11.7. The first kappa shape index (κ1) is 9.37. The molecule has 68 valence electrons. The average molecular weight is 275 g/mol. The Kier molecular flexibility index (Phi) is 2.53. The molecule has 1 aromatic carbocycles. The fourth-order valence-corrected chi connectivity index (χ4v) is 3.44. The molecule has 2 rings (SSSR count). The second kappa shape index (κ2) is 3.52. The molecule has 0 aliphatic rings. The fraction of sp³-hybridized carbons (Fsp3) is 0.111. The molecule has 1 nitrogen and oxygen atoms in total. The second-order valence-corrected chi connectivity index (χ2v) is 4.74. The van der Waals surface area contributed by atoms with Crippen molar-refractivity contribution in [3.8, 4) is 5.06 Å². The summed E-state index contributed by atoms with van der Waals surface area (Å²) in [5.41, 5.74) is 0.936. The molecule has 0 amide bonds. The number of hydrogen-bond donors (Lipinski definition) is 2. The first-order valence-electron chi connectivity index (χ1n) is 3.72. The first-order valence-corrected chi connectivity index (χ1v) is 6.11. The molecule has 0 radical (unpaired) electrons. The molecule has 4 heteroatoms. The van der Waals surface area contributed by atoms with Gasteiger partial charge in [0.2, 0.25) is 0 Å². The van der Waals surface area contributed by atoms with E-state index < -0.39 is 0 Å². The van der Waals surface area contributed by atoms with Crippen LogP contribution in [-0.4, -0.2) is 5.11 Å². The third-order valence-corrected chi connectivity index (χ3v) is 3.84. The maximum atomic E-state index is 9.61. The van der Waals surface area contributed by atoms with Gasteiger partial charge in [0.25, 0.3) is 0 Å². The number of aromatic hydroxyl groups is 1. The smallest absolute Gasteiger partial charge is 0.176 e. The summed E-state index contributed by atoms with van der Waals surface area (Å²) in [6.07, 6.45) is 0. The average Bonchev–Trinajstić information content (AvgIpc) is 2.42. The van der Waals surface area contributed by atoms with Gasteiger partial charge in [-0.1, -0.05) is 33.3 Å². The summed E-state index contributed by atoms with van der Waals surface area (Å²) in [7, 11) is 0. The topological polar surface area (TPSA) is 20.2 Å². The van der Waals surface area contributed by atoms with Gasteiger partial charge in [0, 0.05) is 25.9 Å². The SMILES string of the molecule is Oc1sc2cccc(S)c2c1CBr. The van der Waals surface area contributed by atoms with Gasteiger partial charge in [-0.15, -0.1) is 12.6 Å². The van der Waals surface area contributed by atoms with Crippen molar-refractivity contribution in [1.82, 2.24) is 0 Å². The van der Waals surface area contributed by atoms with Crippen molar-refractivity contribution < 1.29 is 5.11 Å². The molecule has 0 aliphatic carbocycles. The molecule has 2 aromatic rings. The van der Waals surface area contributed by atoms with Crippen LogP contribution in [0.3, 0.4) is 0 Å². The molecule has 13 heavy (non-hydrogen) atoms. The van der Waals surface area contributed by atoms with Crippen molar-refractivity contribution in [3.05, 3.63) is 23.8 Å². The number of rotatable bonds is 1. The van der Waals surface area contributed by atoms with Crippen LogP contribution in [0.15, 0.2) is 23.1 Å². The van der Waals surface area contributed by atoms with Gasteiger partial charge >= 0.3 is 0 Å². The molecule has 0 fully saturated rings. The third-order valence-electron chi connectivity index (χ3n) is 1.90. The number of alkyl halides is 1. The number of thiol groups is 1. The third kappa shape index (κ3) is 1.47. The van der Waals surface area contributed by atoms with Crippen LogP contribution in [0.25, 0.3) is 10.1 Å². The zero-order valence-corrected chi connectivity index (χ0v) is 9.92. The van der Waals surface area contributed by atoms with E-state index in [1.165, 1.54) is 11.3 Å². The summed E-state index contributed by atoms with van der Waals surface area (Å²) in [4.78, 5) is 0.920. The fourth-order valence-electron chi connectivity index (χ4n) is 1.30. The Labute approximate surface area is 93.9 Å². The Morgan fingerprint density at radius 1 is 1.46 bits per heavy atom. The van der Waals surface area contributed by atoms with Crippen LogP contribution in [0.1, 0.15) is 5.56 Å². The van der Waals surface area contributed by atoms with E-state index in [4.69, 9.17) is 0 Å². The standard InChI is InChI=1S/C9H7BrOS2/c10-4-5-8-6(12)2-1-3-7(8)13-9(5)11/h1-3,11-12H,4H2. The Morgan fingerprint density at radius 3 is 2.92 bits per heavy atom. The lowest BCUT2D eigenvalue weighted by Gasteiger charge is -1.97. The monoisotopic (exact) mass is 274 g/mol. The van der Waals surface area contributed by atoms with Crippen molar-refractivity contribution in [2.75, 3.05) is 0 Å². The summed E-state index contributed by atoms with van der Waals surface area (Å²) in [6.45, 7) is 0. The lowest BCUT2D eigenvalue weighted by Crippen LogP contribution is -1.75. The molecule has 0 aliphatic heterocycles. The van der Waals surface area contributed by atoms with E-state index in [1.54, 1.807) is 0 Å². The number of benzene rings is 1. The van der Waals surface area contributed by atoms with Gasteiger partial charge in [0.05, 0.1) is 0 Å². The number of thiophene rings is 1. The van der Waals surface area contributed by atoms with E-state index in [9.17, 15) is 5.11 Å². The molecule has 0 saturated carbocycles. The number of fused-ring (bicyclic) bond motifs is 1. The van der Waals surface area contributed by atoms with Crippen LogP contribution in [0, 0.1) is 0 Å². The molecule has 1 heterocycles. The van der Waals surface area contributed by atoms with Crippen LogP contribution in [0.2, 0.25) is 0 Å². The predicted octanol–water partition coefficient (Wildman–Crippen LogP) is 3.79. The maximum absolute atomic E-state index is 9.61. The highest BCUT2D eigenvalue weighted by atomic mass is 79.9. The Balaban J connectivity index is 2.88. The summed E-state index contributed by atoms with van der Waals surface area (Å²) in [5.74, 6) is 0. The van der Waals surface area contributed by atoms with Crippen molar-refractivity contribution in [3.63, 3.8) is 0 Å². The van der Waals surface area contributed by atoms with Crippen molar-refractivity contribution in [2.45, 2.75) is 10.2 Å². The van der Waals surface area contributed by atoms with Gasteiger partial charge < -0.3 is 5.11 Å². The number of halogens is 1. The first-order chi connectivity index (χ1) is 6.24. The molecule has 0 saturated heterocycles. The van der Waals surface area contributed by atoms with E-state index in [0.717, 1.165) is 20.5 Å². The molecular formula is C9H7BrOS2. The summed E-state index contributed by atoms with van der Waals surface area (Å²) >= 11 is 9.11. The normalized spacial score (nSPS) is 10.9. The second-order valence-electron chi connectivity index (χ2n) is 2.67. The van der Waals surface area contributed by atoms with Crippen LogP contribution in [0.5, 0.6) is 5.06 Å². The lowest BCUT2D eigenvalue weighted by atomic mass is 10.2. The molecule has 0 spiro atoms. The van der Waals surface area contributed by atoms with Crippen molar-refractivity contribution in [1.29, 1.82) is 0 Å². The van der Waals surface area contributed by atoms with Crippen LogP contribution in [-0.2, 0) is 5.33 Å². The zero-order chi connectivity index (χ0) is 9.42. The van der Waals surface area contributed by atoms with Gasteiger partial charge in [-0.25, -0.2) is 0 Å².